The van der Waals surface area contributed by atoms with Crippen molar-refractivity contribution >= 4 is 10.0 Å². The van der Waals surface area contributed by atoms with Crippen molar-refractivity contribution in [2.24, 2.45) is 0 Å². The zero-order chi connectivity index (χ0) is 9.99. The topological polar surface area (TPSA) is 37.4 Å². The number of alkyl halides is 3. The fourth-order valence-electron chi connectivity index (χ4n) is 0.710. The van der Waals surface area contributed by atoms with E-state index in [2.05, 4.69) is 0 Å². The molecule has 0 radical (unpaired) electrons. The third kappa shape index (κ3) is 2.10. The Kier molecular flexibility index (Phi) is 3.52. The first kappa shape index (κ1) is 11.7. The summed E-state index contributed by atoms with van der Waals surface area (Å²) in [5.74, 6) is 0. The van der Waals surface area contributed by atoms with Gasteiger partial charge in [-0.25, -0.2) is 8.42 Å². The highest BCUT2D eigenvalue weighted by Gasteiger charge is 2.48. The summed E-state index contributed by atoms with van der Waals surface area (Å²) in [5.41, 5.74) is -5.18. The molecule has 0 aromatic carbocycles. The van der Waals surface area contributed by atoms with Gasteiger partial charge in [-0.1, -0.05) is 13.8 Å². The Morgan fingerprint density at radius 2 is 1.50 bits per heavy atom. The van der Waals surface area contributed by atoms with Crippen molar-refractivity contribution in [3.63, 3.8) is 0 Å². The molecule has 0 aliphatic carbocycles. The number of nitrogens with zero attached hydrogens (tertiary/aromatic N) is 1. The van der Waals surface area contributed by atoms with Crippen LogP contribution in [-0.4, -0.2) is 31.3 Å². The third-order valence-electron chi connectivity index (χ3n) is 1.34. The quantitative estimate of drug-likeness (QED) is 0.693. The van der Waals surface area contributed by atoms with Gasteiger partial charge in [0.15, 0.2) is 0 Å². The van der Waals surface area contributed by atoms with Gasteiger partial charge < -0.3 is 0 Å². The average Bonchev–Trinajstić information content (AvgIpc) is 1.87. The number of hydrogen-bond donors (Lipinski definition) is 0. The van der Waals surface area contributed by atoms with Crippen molar-refractivity contribution in [1.29, 1.82) is 0 Å². The second kappa shape index (κ2) is 3.61. The molecule has 0 spiro atoms. The predicted molar refractivity (Wildman–Crippen MR) is 37.9 cm³/mol. The molecule has 0 heterocycles. The smallest absolute Gasteiger partial charge is 0.203 e. The normalized spacial score (nSPS) is 13.8. The van der Waals surface area contributed by atoms with E-state index < -0.39 is 15.5 Å². The zero-order valence-corrected chi connectivity index (χ0v) is 7.54. The summed E-state index contributed by atoms with van der Waals surface area (Å²) < 4.78 is 57.1. The Labute approximate surface area is 69.2 Å². The molecule has 0 saturated heterocycles. The Morgan fingerprint density at radius 3 is 1.58 bits per heavy atom. The molecule has 0 rings (SSSR count). The predicted octanol–water partition coefficient (Wildman–Crippen LogP) is 1.18. The number of halogens is 3. The van der Waals surface area contributed by atoms with E-state index >= 15 is 0 Å². The lowest BCUT2D eigenvalue weighted by molar-refractivity contribution is -0.0486. The summed E-state index contributed by atoms with van der Waals surface area (Å²) >= 11 is 0. The maximum Gasteiger partial charge on any atom is 0.511 e. The van der Waals surface area contributed by atoms with E-state index in [1.807, 2.05) is 0 Å². The summed E-state index contributed by atoms with van der Waals surface area (Å²) in [6.45, 7) is 2.37. The third-order valence-corrected chi connectivity index (χ3v) is 3.12. The first-order valence-electron chi connectivity index (χ1n) is 3.33. The van der Waals surface area contributed by atoms with Crippen LogP contribution in [-0.2, 0) is 10.0 Å². The van der Waals surface area contributed by atoms with Gasteiger partial charge in [0.25, 0.3) is 0 Å². The van der Waals surface area contributed by atoms with Crippen molar-refractivity contribution < 1.29 is 21.6 Å². The summed E-state index contributed by atoms with van der Waals surface area (Å²) in [7, 11) is -5.11. The van der Waals surface area contributed by atoms with Crippen LogP contribution in [0.4, 0.5) is 13.2 Å². The molecule has 0 bridgehead atoms. The lowest BCUT2D eigenvalue weighted by atomic mass is 10.7. The fourth-order valence-corrected chi connectivity index (χ4v) is 1.68. The second-order valence-corrected chi connectivity index (χ2v) is 3.96. The van der Waals surface area contributed by atoms with Gasteiger partial charge in [0.2, 0.25) is 0 Å². The molecule has 0 fully saturated rings. The summed E-state index contributed by atoms with van der Waals surface area (Å²) in [4.78, 5) is 0. The molecule has 3 nitrogen and oxygen atoms in total. The molecule has 0 atom stereocenters. The SMILES string of the molecule is CCN(CC)S(=O)(=O)C(F)(F)F. The van der Waals surface area contributed by atoms with Gasteiger partial charge in [-0.15, -0.1) is 0 Å². The molecule has 0 aromatic rings. The zero-order valence-electron chi connectivity index (χ0n) is 6.72. The van der Waals surface area contributed by atoms with Crippen LogP contribution in [0.15, 0.2) is 0 Å². The van der Waals surface area contributed by atoms with Crippen LogP contribution in [0.5, 0.6) is 0 Å². The van der Waals surface area contributed by atoms with Crippen molar-refractivity contribution in [1.82, 2.24) is 4.31 Å². The van der Waals surface area contributed by atoms with Crippen LogP contribution >= 0.6 is 0 Å². The Morgan fingerprint density at radius 1 is 1.17 bits per heavy atom. The summed E-state index contributed by atoms with van der Waals surface area (Å²) in [6.07, 6.45) is 0. The van der Waals surface area contributed by atoms with Gasteiger partial charge in [0.05, 0.1) is 0 Å². The standard InChI is InChI=1S/C5H10F3NO2S/c1-3-9(4-2)12(10,11)5(6,7)8/h3-4H2,1-2H3. The van der Waals surface area contributed by atoms with Crippen LogP contribution in [0.3, 0.4) is 0 Å². The van der Waals surface area contributed by atoms with Crippen LogP contribution in [0, 0.1) is 0 Å². The molecular formula is C5H10F3NO2S. The first-order chi connectivity index (χ1) is 5.27. The van der Waals surface area contributed by atoms with Crippen molar-refractivity contribution in [2.45, 2.75) is 19.4 Å². The van der Waals surface area contributed by atoms with Gasteiger partial charge >= 0.3 is 15.5 Å². The molecule has 12 heavy (non-hydrogen) atoms. The van der Waals surface area contributed by atoms with Gasteiger partial charge in [-0.2, -0.15) is 17.5 Å². The molecule has 0 aliphatic rings. The van der Waals surface area contributed by atoms with E-state index in [1.54, 1.807) is 0 Å². The van der Waals surface area contributed by atoms with Gasteiger partial charge in [0.1, 0.15) is 0 Å². The minimum absolute atomic E-state index is 0.168. The Balaban J connectivity index is 4.85. The molecule has 0 amide bonds. The highest BCUT2D eigenvalue weighted by molar-refractivity contribution is 7.89. The molecule has 0 aromatic heterocycles. The minimum Gasteiger partial charge on any atom is -0.203 e. The largest absolute Gasteiger partial charge is 0.511 e. The molecule has 74 valence electrons. The van der Waals surface area contributed by atoms with Crippen LogP contribution < -0.4 is 0 Å². The lowest BCUT2D eigenvalue weighted by Crippen LogP contribution is -2.40. The molecule has 0 aliphatic heterocycles. The molecular weight excluding hydrogens is 195 g/mol. The average molecular weight is 205 g/mol. The maximum atomic E-state index is 11.8. The van der Waals surface area contributed by atoms with Gasteiger partial charge in [-0.3, -0.25) is 0 Å². The minimum atomic E-state index is -5.18. The van der Waals surface area contributed by atoms with Crippen molar-refractivity contribution in [3.05, 3.63) is 0 Å². The van der Waals surface area contributed by atoms with E-state index in [0.717, 1.165) is 0 Å². The summed E-state index contributed by atoms with van der Waals surface area (Å²) in [6, 6.07) is 0. The van der Waals surface area contributed by atoms with E-state index in [4.69, 9.17) is 0 Å². The second-order valence-electron chi connectivity index (χ2n) is 2.04. The molecule has 7 heteroatoms. The van der Waals surface area contributed by atoms with E-state index in [0.29, 0.717) is 4.31 Å². The van der Waals surface area contributed by atoms with E-state index in [1.165, 1.54) is 13.8 Å². The van der Waals surface area contributed by atoms with E-state index in [-0.39, 0.29) is 13.1 Å². The van der Waals surface area contributed by atoms with Crippen molar-refractivity contribution in [2.75, 3.05) is 13.1 Å². The monoisotopic (exact) mass is 205 g/mol. The Hall–Kier alpha value is -0.300. The van der Waals surface area contributed by atoms with Gasteiger partial charge in [-0.05, 0) is 0 Å². The summed E-state index contributed by atoms with van der Waals surface area (Å²) in [5, 5.41) is 0. The van der Waals surface area contributed by atoms with Crippen LogP contribution in [0.25, 0.3) is 0 Å². The highest BCUT2D eigenvalue weighted by atomic mass is 32.2. The molecule has 0 saturated carbocycles. The Bertz CT molecular complexity index is 230. The van der Waals surface area contributed by atoms with Crippen LogP contribution in [0.2, 0.25) is 0 Å². The van der Waals surface area contributed by atoms with Crippen molar-refractivity contribution in [3.8, 4) is 0 Å². The van der Waals surface area contributed by atoms with E-state index in [9.17, 15) is 21.6 Å². The number of rotatable bonds is 3. The fraction of sp³-hybridized carbons (Fsp3) is 1.00. The lowest BCUT2D eigenvalue weighted by Gasteiger charge is -2.19. The molecule has 0 N–H and O–H groups in total. The first-order valence-corrected chi connectivity index (χ1v) is 4.77. The van der Waals surface area contributed by atoms with Gasteiger partial charge in [0, 0.05) is 13.1 Å². The number of sulfonamides is 1. The maximum absolute atomic E-state index is 11.8. The molecule has 0 unspecified atom stereocenters. The number of hydrogen-bond acceptors (Lipinski definition) is 2. The highest BCUT2D eigenvalue weighted by Crippen LogP contribution is 2.26. The van der Waals surface area contributed by atoms with Crippen LogP contribution in [0.1, 0.15) is 13.8 Å².